The molecule has 1 saturated carbocycles. The molecule has 1 N–H and O–H groups in total. The first-order valence-corrected chi connectivity index (χ1v) is 6.06. The second-order valence-corrected chi connectivity index (χ2v) is 5.15. The van der Waals surface area contributed by atoms with Crippen molar-refractivity contribution in [1.29, 1.82) is 0 Å². The summed E-state index contributed by atoms with van der Waals surface area (Å²) in [6.07, 6.45) is 2.82. The Morgan fingerprint density at radius 2 is 2.29 bits per heavy atom. The number of nitrogens with zero attached hydrogens (tertiary/aromatic N) is 2. The van der Waals surface area contributed by atoms with E-state index in [9.17, 15) is 0 Å². The Balaban J connectivity index is 1.84. The van der Waals surface area contributed by atoms with Crippen LogP contribution in [0.25, 0.3) is 0 Å². The van der Waals surface area contributed by atoms with Gasteiger partial charge in [-0.05, 0) is 42.8 Å². The summed E-state index contributed by atoms with van der Waals surface area (Å²) in [6.45, 7) is 6.44. The largest absolute Gasteiger partial charge is 0.311 e. The summed E-state index contributed by atoms with van der Waals surface area (Å²) >= 11 is 1.53. The molecule has 4 heteroatoms. The molecule has 0 atom stereocenters. The zero-order valence-corrected chi connectivity index (χ0v) is 9.60. The van der Waals surface area contributed by atoms with E-state index in [4.69, 9.17) is 0 Å². The fourth-order valence-corrected chi connectivity index (χ4v) is 2.25. The number of hydrogen-bond donors (Lipinski definition) is 1. The topological polar surface area (TPSA) is 37.8 Å². The fraction of sp³-hybridized carbons (Fsp3) is 0.800. The molecule has 3 nitrogen and oxygen atoms in total. The quantitative estimate of drug-likeness (QED) is 0.811. The SMILES string of the molecule is CC(C)c1nnsc1CNCC1CC1. The third-order valence-corrected chi connectivity index (χ3v) is 3.28. The van der Waals surface area contributed by atoms with E-state index in [1.54, 1.807) is 0 Å². The third kappa shape index (κ3) is 2.51. The molecular weight excluding hydrogens is 194 g/mol. The van der Waals surface area contributed by atoms with Crippen LogP contribution < -0.4 is 5.32 Å². The van der Waals surface area contributed by atoms with Gasteiger partial charge in [0.2, 0.25) is 0 Å². The normalized spacial score (nSPS) is 16.5. The van der Waals surface area contributed by atoms with Crippen molar-refractivity contribution in [3.05, 3.63) is 10.6 Å². The predicted octanol–water partition coefficient (Wildman–Crippen LogP) is 2.16. The maximum Gasteiger partial charge on any atom is 0.0826 e. The molecule has 0 spiro atoms. The van der Waals surface area contributed by atoms with Crippen LogP contribution in [-0.4, -0.2) is 16.1 Å². The minimum absolute atomic E-state index is 0.492. The zero-order chi connectivity index (χ0) is 9.97. The molecule has 2 rings (SSSR count). The van der Waals surface area contributed by atoms with Crippen LogP contribution in [-0.2, 0) is 6.54 Å². The number of rotatable bonds is 5. The molecule has 0 amide bonds. The van der Waals surface area contributed by atoms with Crippen molar-refractivity contribution in [2.45, 2.75) is 39.2 Å². The standard InChI is InChI=1S/C10H17N3S/c1-7(2)10-9(14-13-12-10)6-11-5-8-3-4-8/h7-8,11H,3-6H2,1-2H3. The lowest BCUT2D eigenvalue weighted by atomic mass is 10.1. The molecule has 1 aliphatic carbocycles. The van der Waals surface area contributed by atoms with E-state index < -0.39 is 0 Å². The van der Waals surface area contributed by atoms with E-state index in [-0.39, 0.29) is 0 Å². The Labute approximate surface area is 89.1 Å². The molecule has 0 unspecified atom stereocenters. The first-order chi connectivity index (χ1) is 6.77. The summed E-state index contributed by atoms with van der Waals surface area (Å²) in [5.41, 5.74) is 1.17. The summed E-state index contributed by atoms with van der Waals surface area (Å²) in [5, 5.41) is 7.63. The maximum absolute atomic E-state index is 4.16. The second kappa shape index (κ2) is 4.36. The molecule has 0 radical (unpaired) electrons. The monoisotopic (exact) mass is 211 g/mol. The van der Waals surface area contributed by atoms with Gasteiger partial charge in [0.15, 0.2) is 0 Å². The highest BCUT2D eigenvalue weighted by molar-refractivity contribution is 7.05. The summed E-state index contributed by atoms with van der Waals surface area (Å²) in [5.74, 6) is 1.44. The zero-order valence-electron chi connectivity index (χ0n) is 8.79. The smallest absolute Gasteiger partial charge is 0.0826 e. The van der Waals surface area contributed by atoms with Gasteiger partial charge < -0.3 is 5.32 Å². The average molecular weight is 211 g/mol. The number of hydrogen-bond acceptors (Lipinski definition) is 4. The summed E-state index contributed by atoms with van der Waals surface area (Å²) < 4.78 is 4.01. The second-order valence-electron chi connectivity index (χ2n) is 4.31. The Kier molecular flexibility index (Phi) is 3.13. The molecular formula is C10H17N3S. The highest BCUT2D eigenvalue weighted by Crippen LogP contribution is 2.28. The molecule has 0 bridgehead atoms. The molecule has 78 valence electrons. The van der Waals surface area contributed by atoms with Gasteiger partial charge in [0.05, 0.1) is 10.6 Å². The molecule has 0 aromatic carbocycles. The minimum Gasteiger partial charge on any atom is -0.311 e. The molecule has 1 aromatic rings. The Bertz CT molecular complexity index is 291. The Morgan fingerprint density at radius 3 is 2.93 bits per heavy atom. The lowest BCUT2D eigenvalue weighted by molar-refractivity contribution is 0.636. The van der Waals surface area contributed by atoms with Gasteiger partial charge in [-0.2, -0.15) is 0 Å². The van der Waals surface area contributed by atoms with Crippen molar-refractivity contribution in [3.63, 3.8) is 0 Å². The summed E-state index contributed by atoms with van der Waals surface area (Å²) in [6, 6.07) is 0. The van der Waals surface area contributed by atoms with Crippen molar-refractivity contribution in [3.8, 4) is 0 Å². The minimum atomic E-state index is 0.492. The summed E-state index contributed by atoms with van der Waals surface area (Å²) in [7, 11) is 0. The molecule has 0 saturated heterocycles. The lowest BCUT2D eigenvalue weighted by Crippen LogP contribution is -2.16. The van der Waals surface area contributed by atoms with E-state index in [0.717, 1.165) is 19.0 Å². The van der Waals surface area contributed by atoms with Gasteiger partial charge in [-0.15, -0.1) is 5.10 Å². The Hall–Kier alpha value is -0.480. The van der Waals surface area contributed by atoms with Crippen LogP contribution in [0.3, 0.4) is 0 Å². The fourth-order valence-electron chi connectivity index (χ4n) is 1.49. The van der Waals surface area contributed by atoms with Crippen molar-refractivity contribution >= 4 is 11.5 Å². The van der Waals surface area contributed by atoms with Crippen molar-refractivity contribution in [1.82, 2.24) is 14.9 Å². The van der Waals surface area contributed by atoms with Crippen LogP contribution in [0.5, 0.6) is 0 Å². The third-order valence-electron chi connectivity index (χ3n) is 2.55. The molecule has 1 aromatic heterocycles. The van der Waals surface area contributed by atoms with E-state index in [1.165, 1.54) is 34.9 Å². The van der Waals surface area contributed by atoms with E-state index in [1.807, 2.05) is 0 Å². The van der Waals surface area contributed by atoms with E-state index >= 15 is 0 Å². The van der Waals surface area contributed by atoms with Crippen molar-refractivity contribution in [2.24, 2.45) is 5.92 Å². The van der Waals surface area contributed by atoms with Crippen LogP contribution in [0, 0.1) is 5.92 Å². The Morgan fingerprint density at radius 1 is 1.50 bits per heavy atom. The van der Waals surface area contributed by atoms with Crippen LogP contribution in [0.15, 0.2) is 0 Å². The van der Waals surface area contributed by atoms with Crippen LogP contribution in [0.4, 0.5) is 0 Å². The average Bonchev–Trinajstić information content (AvgIpc) is 2.82. The van der Waals surface area contributed by atoms with Crippen LogP contribution >= 0.6 is 11.5 Å². The first kappa shape index (κ1) is 10.1. The van der Waals surface area contributed by atoms with Gasteiger partial charge in [0.25, 0.3) is 0 Å². The van der Waals surface area contributed by atoms with Gasteiger partial charge in [-0.3, -0.25) is 0 Å². The molecule has 1 aliphatic rings. The number of nitrogens with one attached hydrogen (secondary N) is 1. The van der Waals surface area contributed by atoms with Gasteiger partial charge >= 0.3 is 0 Å². The van der Waals surface area contributed by atoms with Gasteiger partial charge in [-0.25, -0.2) is 0 Å². The van der Waals surface area contributed by atoms with Crippen LogP contribution in [0.1, 0.15) is 43.2 Å². The van der Waals surface area contributed by atoms with E-state index in [0.29, 0.717) is 5.92 Å². The molecule has 14 heavy (non-hydrogen) atoms. The lowest BCUT2D eigenvalue weighted by Gasteiger charge is -2.04. The van der Waals surface area contributed by atoms with E-state index in [2.05, 4.69) is 28.8 Å². The van der Waals surface area contributed by atoms with Gasteiger partial charge in [0, 0.05) is 6.54 Å². The van der Waals surface area contributed by atoms with Gasteiger partial charge in [-0.1, -0.05) is 18.3 Å². The van der Waals surface area contributed by atoms with Crippen LogP contribution in [0.2, 0.25) is 0 Å². The molecule has 1 heterocycles. The summed E-state index contributed by atoms with van der Waals surface area (Å²) in [4.78, 5) is 1.31. The van der Waals surface area contributed by atoms with Gasteiger partial charge in [0.1, 0.15) is 0 Å². The maximum atomic E-state index is 4.16. The van der Waals surface area contributed by atoms with Crippen molar-refractivity contribution in [2.75, 3.05) is 6.54 Å². The highest BCUT2D eigenvalue weighted by Gasteiger charge is 2.20. The predicted molar refractivity (Wildman–Crippen MR) is 58.4 cm³/mol. The first-order valence-electron chi connectivity index (χ1n) is 5.29. The molecule has 0 aliphatic heterocycles. The highest BCUT2D eigenvalue weighted by atomic mass is 32.1. The van der Waals surface area contributed by atoms with Crippen molar-refractivity contribution < 1.29 is 0 Å². The number of aromatic nitrogens is 2. The molecule has 1 fully saturated rings.